The maximum atomic E-state index is 5.30. The summed E-state index contributed by atoms with van der Waals surface area (Å²) < 4.78 is 5.30. The summed E-state index contributed by atoms with van der Waals surface area (Å²) in [5.74, 6) is 2.24. The van der Waals surface area contributed by atoms with E-state index in [9.17, 15) is 0 Å². The molecule has 4 aromatic rings. The highest BCUT2D eigenvalue weighted by Gasteiger charge is 2.18. The van der Waals surface area contributed by atoms with Gasteiger partial charge in [-0.15, -0.1) is 0 Å². The molecule has 0 aliphatic rings. The second-order valence-electron chi connectivity index (χ2n) is 6.26. The van der Waals surface area contributed by atoms with E-state index in [0.717, 1.165) is 39.3 Å². The second-order valence-corrected chi connectivity index (χ2v) is 6.26. The van der Waals surface area contributed by atoms with Gasteiger partial charge >= 0.3 is 0 Å². The number of nitrogens with one attached hydrogen (secondary N) is 1. The molecule has 0 radical (unpaired) electrons. The van der Waals surface area contributed by atoms with E-state index in [-0.39, 0.29) is 6.04 Å². The van der Waals surface area contributed by atoms with Crippen LogP contribution in [0, 0.1) is 13.8 Å². The molecular weight excluding hydrogens is 326 g/mol. The molecule has 0 aliphatic carbocycles. The molecule has 1 atom stereocenters. The van der Waals surface area contributed by atoms with Gasteiger partial charge in [-0.05, 0) is 45.0 Å². The average Bonchev–Trinajstić information content (AvgIpc) is 3.00. The van der Waals surface area contributed by atoms with Crippen LogP contribution in [0.2, 0.25) is 0 Å². The minimum atomic E-state index is 0.00121. The maximum absolute atomic E-state index is 5.30. The molecule has 6 heteroatoms. The summed E-state index contributed by atoms with van der Waals surface area (Å²) in [7, 11) is 0. The van der Waals surface area contributed by atoms with Crippen LogP contribution in [-0.2, 0) is 0 Å². The molecular formula is C20H19N5O. The smallest absolute Gasteiger partial charge is 0.163 e. The average molecular weight is 345 g/mol. The summed E-state index contributed by atoms with van der Waals surface area (Å²) in [6.07, 6.45) is 3.51. The number of rotatable bonds is 4. The Morgan fingerprint density at radius 3 is 2.62 bits per heavy atom. The van der Waals surface area contributed by atoms with Gasteiger partial charge in [-0.2, -0.15) is 0 Å². The van der Waals surface area contributed by atoms with E-state index >= 15 is 0 Å². The van der Waals surface area contributed by atoms with E-state index in [0.29, 0.717) is 5.82 Å². The quantitative estimate of drug-likeness (QED) is 0.588. The Balaban J connectivity index is 1.81. The number of hydrogen-bond acceptors (Lipinski definition) is 6. The van der Waals surface area contributed by atoms with Gasteiger partial charge in [0.2, 0.25) is 0 Å². The largest absolute Gasteiger partial charge is 0.363 e. The first-order valence-corrected chi connectivity index (χ1v) is 8.50. The zero-order valence-corrected chi connectivity index (χ0v) is 14.9. The number of nitrogens with zero attached hydrogens (tertiary/aromatic N) is 4. The van der Waals surface area contributed by atoms with Crippen molar-refractivity contribution in [3.63, 3.8) is 0 Å². The highest BCUT2D eigenvalue weighted by atomic mass is 16.5. The van der Waals surface area contributed by atoms with E-state index < -0.39 is 0 Å². The predicted octanol–water partition coefficient (Wildman–Crippen LogP) is 4.47. The van der Waals surface area contributed by atoms with Gasteiger partial charge in [-0.1, -0.05) is 17.3 Å². The Morgan fingerprint density at radius 2 is 1.88 bits per heavy atom. The molecule has 0 spiro atoms. The molecule has 1 unspecified atom stereocenters. The maximum Gasteiger partial charge on any atom is 0.163 e. The van der Waals surface area contributed by atoms with Crippen molar-refractivity contribution >= 4 is 16.7 Å². The van der Waals surface area contributed by atoms with Crippen molar-refractivity contribution in [1.29, 1.82) is 0 Å². The molecule has 0 aliphatic heterocycles. The fraction of sp³-hybridized carbons (Fsp3) is 0.200. The number of para-hydroxylation sites is 1. The highest BCUT2D eigenvalue weighted by molar-refractivity contribution is 5.90. The molecule has 130 valence electrons. The van der Waals surface area contributed by atoms with E-state index in [1.807, 2.05) is 50.2 Å². The fourth-order valence-corrected chi connectivity index (χ4v) is 3.20. The normalized spacial score (nSPS) is 12.3. The zero-order valence-electron chi connectivity index (χ0n) is 14.9. The topological polar surface area (TPSA) is 76.7 Å². The van der Waals surface area contributed by atoms with Gasteiger partial charge < -0.3 is 9.84 Å². The summed E-state index contributed by atoms with van der Waals surface area (Å²) in [4.78, 5) is 13.6. The van der Waals surface area contributed by atoms with Crippen molar-refractivity contribution in [1.82, 2.24) is 20.1 Å². The first-order valence-electron chi connectivity index (χ1n) is 8.50. The van der Waals surface area contributed by atoms with E-state index in [2.05, 4.69) is 27.4 Å². The van der Waals surface area contributed by atoms with Crippen LogP contribution in [0.1, 0.15) is 30.0 Å². The third kappa shape index (κ3) is 2.90. The molecule has 0 bridgehead atoms. The Hall–Kier alpha value is -3.28. The van der Waals surface area contributed by atoms with Crippen LogP contribution in [0.5, 0.6) is 0 Å². The first-order chi connectivity index (χ1) is 12.6. The molecule has 0 amide bonds. The molecule has 4 rings (SSSR count). The van der Waals surface area contributed by atoms with Gasteiger partial charge in [0, 0.05) is 28.9 Å². The monoisotopic (exact) mass is 345 g/mol. The van der Waals surface area contributed by atoms with Crippen LogP contribution in [0.25, 0.3) is 22.3 Å². The van der Waals surface area contributed by atoms with Gasteiger partial charge in [0.15, 0.2) is 5.82 Å². The summed E-state index contributed by atoms with van der Waals surface area (Å²) in [5.41, 5.74) is 3.70. The molecule has 3 heterocycles. The molecule has 0 saturated heterocycles. The summed E-state index contributed by atoms with van der Waals surface area (Å²) in [6, 6.07) is 11.8. The van der Waals surface area contributed by atoms with Crippen molar-refractivity contribution in [2.24, 2.45) is 0 Å². The van der Waals surface area contributed by atoms with Crippen molar-refractivity contribution in [3.05, 3.63) is 65.8 Å². The Kier molecular flexibility index (Phi) is 4.08. The van der Waals surface area contributed by atoms with Gasteiger partial charge in [-0.25, -0.2) is 9.97 Å². The first kappa shape index (κ1) is 16.2. The second kappa shape index (κ2) is 6.55. The number of benzene rings is 1. The van der Waals surface area contributed by atoms with Crippen LogP contribution in [0.4, 0.5) is 5.82 Å². The lowest BCUT2D eigenvalue weighted by molar-refractivity contribution is 0.392. The molecule has 3 aromatic heterocycles. The zero-order chi connectivity index (χ0) is 18.1. The van der Waals surface area contributed by atoms with Gasteiger partial charge in [0.05, 0.1) is 17.3 Å². The van der Waals surface area contributed by atoms with Crippen molar-refractivity contribution in [3.8, 4) is 11.4 Å². The molecule has 26 heavy (non-hydrogen) atoms. The van der Waals surface area contributed by atoms with Gasteiger partial charge in [0.1, 0.15) is 11.6 Å². The van der Waals surface area contributed by atoms with Crippen LogP contribution < -0.4 is 5.32 Å². The number of fused-ring (bicyclic) bond motifs is 1. The van der Waals surface area contributed by atoms with E-state index in [1.54, 1.807) is 12.4 Å². The van der Waals surface area contributed by atoms with Crippen LogP contribution in [-0.4, -0.2) is 20.1 Å². The minimum absolute atomic E-state index is 0.00121. The van der Waals surface area contributed by atoms with E-state index in [4.69, 9.17) is 9.51 Å². The lowest BCUT2D eigenvalue weighted by atomic mass is 10.1. The number of pyridine rings is 1. The van der Waals surface area contributed by atoms with Gasteiger partial charge in [0.25, 0.3) is 0 Å². The molecule has 1 N–H and O–H groups in total. The molecule has 1 aromatic carbocycles. The van der Waals surface area contributed by atoms with E-state index in [1.165, 1.54) is 0 Å². The molecule has 0 fully saturated rings. The van der Waals surface area contributed by atoms with Crippen LogP contribution in [0.15, 0.2) is 53.3 Å². The Labute approximate surface area is 151 Å². The van der Waals surface area contributed by atoms with Crippen LogP contribution >= 0.6 is 0 Å². The number of aromatic nitrogens is 4. The lowest BCUT2D eigenvalue weighted by Crippen LogP contribution is -2.11. The summed E-state index contributed by atoms with van der Waals surface area (Å²) in [6.45, 7) is 5.95. The highest BCUT2D eigenvalue weighted by Crippen LogP contribution is 2.29. The number of hydrogen-bond donors (Lipinski definition) is 1. The molecule has 0 saturated carbocycles. The van der Waals surface area contributed by atoms with Gasteiger partial charge in [-0.3, -0.25) is 4.98 Å². The minimum Gasteiger partial charge on any atom is -0.363 e. The predicted molar refractivity (Wildman–Crippen MR) is 101 cm³/mol. The Bertz CT molecular complexity index is 1040. The van der Waals surface area contributed by atoms with Crippen molar-refractivity contribution in [2.75, 3.05) is 5.32 Å². The Morgan fingerprint density at radius 1 is 1.04 bits per heavy atom. The molecule has 6 nitrogen and oxygen atoms in total. The third-order valence-electron chi connectivity index (χ3n) is 4.40. The van der Waals surface area contributed by atoms with Crippen LogP contribution in [0.3, 0.4) is 0 Å². The number of anilines is 1. The standard InChI is InChI=1S/C20H19N5O/c1-12(18-13(2)25-26-14(18)3)22-20-16-8-4-5-9-17(16)23-19(24-20)15-7-6-10-21-11-15/h4-12H,1-3H3,(H,22,23,24). The third-order valence-corrected chi connectivity index (χ3v) is 4.40. The SMILES string of the molecule is Cc1noc(C)c1C(C)Nc1nc(-c2cccnc2)nc2ccccc12. The summed E-state index contributed by atoms with van der Waals surface area (Å²) >= 11 is 0. The summed E-state index contributed by atoms with van der Waals surface area (Å²) in [5, 5.41) is 8.53. The van der Waals surface area contributed by atoms with Crippen molar-refractivity contribution in [2.45, 2.75) is 26.8 Å². The number of aryl methyl sites for hydroxylation is 2. The fourth-order valence-electron chi connectivity index (χ4n) is 3.20. The lowest BCUT2D eigenvalue weighted by Gasteiger charge is -2.17. The van der Waals surface area contributed by atoms with Crippen molar-refractivity contribution < 1.29 is 4.52 Å².